The summed E-state index contributed by atoms with van der Waals surface area (Å²) in [6.45, 7) is 0. The first-order chi connectivity index (χ1) is 10.3. The van der Waals surface area contributed by atoms with E-state index >= 15 is 0 Å². The highest BCUT2D eigenvalue weighted by atomic mass is 32.2. The largest absolute Gasteiger partial charge is 0.399 e. The number of thioether (sulfide) groups is 1. The van der Waals surface area contributed by atoms with Gasteiger partial charge in [0.25, 0.3) is 0 Å². The average molecular weight is 295 g/mol. The van der Waals surface area contributed by atoms with Crippen LogP contribution < -0.4 is 5.73 Å². The van der Waals surface area contributed by atoms with Crippen LogP contribution in [0, 0.1) is 0 Å². The van der Waals surface area contributed by atoms with Gasteiger partial charge in [-0.1, -0.05) is 23.9 Å². The van der Waals surface area contributed by atoms with E-state index in [4.69, 9.17) is 5.73 Å². The molecule has 0 saturated heterocycles. The summed E-state index contributed by atoms with van der Waals surface area (Å²) in [7, 11) is 0. The maximum absolute atomic E-state index is 5.77. The average Bonchev–Trinajstić information content (AvgIpc) is 3.07. The second kappa shape index (κ2) is 4.82. The van der Waals surface area contributed by atoms with Gasteiger partial charge in [-0.05, 0) is 30.3 Å². The Morgan fingerprint density at radius 1 is 0.952 bits per heavy atom. The molecule has 0 atom stereocenters. The summed E-state index contributed by atoms with van der Waals surface area (Å²) in [5.41, 5.74) is 10.4. The Morgan fingerprint density at radius 2 is 1.81 bits per heavy atom. The topological polar surface area (TPSA) is 83.4 Å². The predicted molar refractivity (Wildman–Crippen MR) is 86.2 cm³/mol. The van der Waals surface area contributed by atoms with Crippen LogP contribution in [0.2, 0.25) is 0 Å². The number of fused-ring (bicyclic) bond motifs is 2. The number of nitrogen functional groups attached to an aromatic ring is 1. The van der Waals surface area contributed by atoms with E-state index < -0.39 is 0 Å². The molecule has 0 fully saturated rings. The van der Waals surface area contributed by atoms with Crippen LogP contribution in [-0.2, 0) is 5.75 Å². The fraction of sp³-hybridized carbons (Fsp3) is 0.0667. The monoisotopic (exact) mass is 295 g/mol. The van der Waals surface area contributed by atoms with Crippen LogP contribution in [0.25, 0.3) is 22.1 Å². The molecule has 0 bridgehead atoms. The molecule has 2 heterocycles. The molecule has 0 aliphatic rings. The van der Waals surface area contributed by atoms with Gasteiger partial charge in [-0.3, -0.25) is 0 Å². The van der Waals surface area contributed by atoms with Crippen LogP contribution in [0.15, 0.2) is 47.6 Å². The Bertz CT molecular complexity index is 891. The molecule has 6 heteroatoms. The smallest absolute Gasteiger partial charge is 0.166 e. The van der Waals surface area contributed by atoms with Crippen LogP contribution in [0.5, 0.6) is 0 Å². The number of imidazole rings is 2. The zero-order valence-electron chi connectivity index (χ0n) is 11.1. The van der Waals surface area contributed by atoms with E-state index in [1.807, 2.05) is 42.5 Å². The number of nitrogens with one attached hydrogen (secondary N) is 2. The molecule has 4 aromatic rings. The fourth-order valence-corrected chi connectivity index (χ4v) is 3.04. The van der Waals surface area contributed by atoms with Crippen molar-refractivity contribution in [2.24, 2.45) is 0 Å². The summed E-state index contributed by atoms with van der Waals surface area (Å²) in [5, 5.41) is 0.871. The Hall–Kier alpha value is -2.47. The number of anilines is 1. The lowest BCUT2D eigenvalue weighted by atomic mass is 10.3. The minimum Gasteiger partial charge on any atom is -0.399 e. The molecule has 0 saturated carbocycles. The molecule has 0 radical (unpaired) electrons. The number of hydrogen-bond donors (Lipinski definition) is 3. The van der Waals surface area contributed by atoms with Gasteiger partial charge >= 0.3 is 0 Å². The standard InChI is InChI=1S/C15H13N5S/c16-9-5-6-12-13(7-9)20-15(19-12)21-8-14-17-10-3-1-2-4-11(10)18-14/h1-7H,8,16H2,(H,17,18)(H,19,20). The number of nitrogens with zero attached hydrogens (tertiary/aromatic N) is 2. The molecule has 0 unspecified atom stereocenters. The summed E-state index contributed by atoms with van der Waals surface area (Å²) >= 11 is 1.62. The first kappa shape index (κ1) is 12.3. The SMILES string of the molecule is Nc1ccc2nc(SCc3nc4ccccc4[nH]3)[nH]c2c1. The van der Waals surface area contributed by atoms with Crippen molar-refractivity contribution in [1.29, 1.82) is 0 Å². The highest BCUT2D eigenvalue weighted by molar-refractivity contribution is 7.98. The van der Waals surface area contributed by atoms with E-state index in [0.717, 1.165) is 44.5 Å². The molecule has 5 nitrogen and oxygen atoms in total. The van der Waals surface area contributed by atoms with E-state index in [1.165, 1.54) is 0 Å². The van der Waals surface area contributed by atoms with E-state index in [0.29, 0.717) is 0 Å². The number of benzene rings is 2. The molecule has 0 aliphatic heterocycles. The Kier molecular flexibility index (Phi) is 2.82. The number of aromatic nitrogens is 4. The Labute approximate surface area is 125 Å². The number of H-pyrrole nitrogens is 2. The van der Waals surface area contributed by atoms with E-state index in [-0.39, 0.29) is 0 Å². The van der Waals surface area contributed by atoms with Crippen LogP contribution in [0.1, 0.15) is 5.82 Å². The first-order valence-corrected chi connectivity index (χ1v) is 7.58. The minimum atomic E-state index is 0.736. The van der Waals surface area contributed by atoms with Gasteiger partial charge in [-0.25, -0.2) is 9.97 Å². The van der Waals surface area contributed by atoms with E-state index in [9.17, 15) is 0 Å². The molecule has 21 heavy (non-hydrogen) atoms. The summed E-state index contributed by atoms with van der Waals surface area (Å²) in [6, 6.07) is 13.7. The molecule has 0 spiro atoms. The van der Waals surface area contributed by atoms with Crippen molar-refractivity contribution in [3.8, 4) is 0 Å². The number of nitrogens with two attached hydrogens (primary N) is 1. The van der Waals surface area contributed by atoms with Crippen molar-refractivity contribution in [3.63, 3.8) is 0 Å². The third-order valence-electron chi connectivity index (χ3n) is 3.27. The van der Waals surface area contributed by atoms with Gasteiger partial charge in [0.2, 0.25) is 0 Å². The van der Waals surface area contributed by atoms with Gasteiger partial charge in [0.15, 0.2) is 5.16 Å². The van der Waals surface area contributed by atoms with Crippen molar-refractivity contribution in [2.75, 3.05) is 5.73 Å². The number of rotatable bonds is 3. The van der Waals surface area contributed by atoms with Crippen molar-refractivity contribution < 1.29 is 0 Å². The highest BCUT2D eigenvalue weighted by Gasteiger charge is 2.06. The Balaban J connectivity index is 1.57. The maximum Gasteiger partial charge on any atom is 0.166 e. The lowest BCUT2D eigenvalue weighted by Gasteiger charge is -1.93. The zero-order chi connectivity index (χ0) is 14.2. The lowest BCUT2D eigenvalue weighted by molar-refractivity contribution is 1.06. The summed E-state index contributed by atoms with van der Waals surface area (Å²) in [6.07, 6.45) is 0. The van der Waals surface area contributed by atoms with Gasteiger partial charge in [0.1, 0.15) is 5.82 Å². The number of para-hydroxylation sites is 2. The van der Waals surface area contributed by atoms with Gasteiger partial charge in [-0.2, -0.15) is 0 Å². The lowest BCUT2D eigenvalue weighted by Crippen LogP contribution is -1.84. The molecule has 2 aromatic carbocycles. The predicted octanol–water partition coefficient (Wildman–Crippen LogP) is 3.31. The van der Waals surface area contributed by atoms with Crippen molar-refractivity contribution >= 4 is 39.5 Å². The molecule has 0 aliphatic carbocycles. The first-order valence-electron chi connectivity index (χ1n) is 6.59. The highest BCUT2D eigenvalue weighted by Crippen LogP contribution is 2.24. The molecule has 0 amide bonds. The third-order valence-corrected chi connectivity index (χ3v) is 4.15. The third kappa shape index (κ3) is 2.34. The molecule has 2 aromatic heterocycles. The summed E-state index contributed by atoms with van der Waals surface area (Å²) in [4.78, 5) is 15.7. The summed E-state index contributed by atoms with van der Waals surface area (Å²) in [5.74, 6) is 1.69. The fourth-order valence-electron chi connectivity index (χ4n) is 2.28. The van der Waals surface area contributed by atoms with E-state index in [2.05, 4.69) is 19.9 Å². The second-order valence-corrected chi connectivity index (χ2v) is 5.77. The van der Waals surface area contributed by atoms with Gasteiger partial charge in [0, 0.05) is 5.69 Å². The van der Waals surface area contributed by atoms with Crippen molar-refractivity contribution in [1.82, 2.24) is 19.9 Å². The molecule has 104 valence electrons. The molecular formula is C15H13N5S. The van der Waals surface area contributed by atoms with Crippen LogP contribution >= 0.6 is 11.8 Å². The molecule has 4 N–H and O–H groups in total. The zero-order valence-corrected chi connectivity index (χ0v) is 11.9. The van der Waals surface area contributed by atoms with Crippen molar-refractivity contribution in [2.45, 2.75) is 10.9 Å². The molecular weight excluding hydrogens is 282 g/mol. The second-order valence-electron chi connectivity index (χ2n) is 4.81. The van der Waals surface area contributed by atoms with Gasteiger partial charge < -0.3 is 15.7 Å². The Morgan fingerprint density at radius 3 is 2.71 bits per heavy atom. The quantitative estimate of drug-likeness (QED) is 0.400. The minimum absolute atomic E-state index is 0.736. The summed E-state index contributed by atoms with van der Waals surface area (Å²) < 4.78 is 0. The number of aromatic amines is 2. The van der Waals surface area contributed by atoms with E-state index in [1.54, 1.807) is 11.8 Å². The molecule has 4 rings (SSSR count). The van der Waals surface area contributed by atoms with Crippen LogP contribution in [-0.4, -0.2) is 19.9 Å². The van der Waals surface area contributed by atoms with Crippen LogP contribution in [0.4, 0.5) is 5.69 Å². The normalized spacial score (nSPS) is 11.4. The van der Waals surface area contributed by atoms with Gasteiger partial charge in [-0.15, -0.1) is 0 Å². The van der Waals surface area contributed by atoms with Gasteiger partial charge in [0.05, 0.1) is 27.8 Å². The van der Waals surface area contributed by atoms with Crippen molar-refractivity contribution in [3.05, 3.63) is 48.3 Å². The van der Waals surface area contributed by atoms with Crippen LogP contribution in [0.3, 0.4) is 0 Å². The number of hydrogen-bond acceptors (Lipinski definition) is 4. The maximum atomic E-state index is 5.77.